The minimum absolute atomic E-state index is 0.0471. The molecule has 3 fully saturated rings. The first-order valence-electron chi connectivity index (χ1n) is 14.0. The topological polar surface area (TPSA) is 20.2 Å². The molecule has 1 unspecified atom stereocenters. The molecular weight excluding hydrogens is 376 g/mol. The Morgan fingerprint density at radius 1 is 0.968 bits per heavy atom. The maximum Gasteiger partial charge on any atom is 0.0543 e. The number of hydrogen-bond acceptors (Lipinski definition) is 1. The van der Waals surface area contributed by atoms with Gasteiger partial charge in [0.1, 0.15) is 0 Å². The number of rotatable bonds is 6. The molecule has 0 amide bonds. The zero-order valence-electron chi connectivity index (χ0n) is 21.8. The quantitative estimate of drug-likeness (QED) is 0.421. The first-order valence-corrected chi connectivity index (χ1v) is 14.0. The molecule has 0 aromatic heterocycles. The van der Waals surface area contributed by atoms with E-state index in [1.165, 1.54) is 57.8 Å². The summed E-state index contributed by atoms with van der Waals surface area (Å²) in [4.78, 5) is 0. The predicted molar refractivity (Wildman–Crippen MR) is 133 cm³/mol. The lowest BCUT2D eigenvalue weighted by molar-refractivity contribution is -0.0562. The van der Waals surface area contributed by atoms with Crippen LogP contribution in [0.5, 0.6) is 0 Å². The van der Waals surface area contributed by atoms with Crippen molar-refractivity contribution in [2.75, 3.05) is 0 Å². The fraction of sp³-hybridized carbons (Fsp3) is 0.933. The van der Waals surface area contributed by atoms with Crippen LogP contribution in [0.4, 0.5) is 0 Å². The second-order valence-electron chi connectivity index (χ2n) is 13.5. The molecule has 4 rings (SSSR count). The van der Waals surface area contributed by atoms with Crippen LogP contribution in [-0.4, -0.2) is 11.2 Å². The van der Waals surface area contributed by atoms with E-state index in [0.29, 0.717) is 22.2 Å². The van der Waals surface area contributed by atoms with Crippen LogP contribution in [0.15, 0.2) is 11.6 Å². The van der Waals surface area contributed by atoms with Crippen molar-refractivity contribution >= 4 is 0 Å². The van der Waals surface area contributed by atoms with Gasteiger partial charge in [-0.3, -0.25) is 0 Å². The standard InChI is InChI=1S/C30H52O/c1-8-22(20(2)3)10-9-21(4)25-14-17-30(7)27-12-11-23-19-24(31)13-16-28(23,5)26(27)15-18-29(25,30)6/h15,20-25,27,31H,8-14,16-19H2,1-7H3/t21-,22+,23?,24+,25-,27-,28+,29-,30+/m1/s1. The van der Waals surface area contributed by atoms with Crippen LogP contribution < -0.4 is 0 Å². The summed E-state index contributed by atoms with van der Waals surface area (Å²) in [6, 6.07) is 0. The zero-order valence-corrected chi connectivity index (χ0v) is 21.8. The van der Waals surface area contributed by atoms with Crippen LogP contribution in [0.3, 0.4) is 0 Å². The Labute approximate surface area is 193 Å². The maximum atomic E-state index is 10.3. The number of fused-ring (bicyclic) bond motifs is 5. The van der Waals surface area contributed by atoms with Gasteiger partial charge in [0.15, 0.2) is 0 Å². The third-order valence-corrected chi connectivity index (χ3v) is 12.1. The van der Waals surface area contributed by atoms with Crippen LogP contribution in [-0.2, 0) is 0 Å². The van der Waals surface area contributed by atoms with Crippen molar-refractivity contribution in [2.45, 2.75) is 125 Å². The molecule has 0 heterocycles. The van der Waals surface area contributed by atoms with Gasteiger partial charge in [-0.2, -0.15) is 0 Å². The Morgan fingerprint density at radius 2 is 1.71 bits per heavy atom. The molecule has 0 aromatic rings. The van der Waals surface area contributed by atoms with Crippen molar-refractivity contribution in [2.24, 2.45) is 51.8 Å². The molecule has 0 spiro atoms. The van der Waals surface area contributed by atoms with Gasteiger partial charge in [-0.1, -0.05) is 73.0 Å². The van der Waals surface area contributed by atoms with Crippen molar-refractivity contribution in [3.8, 4) is 0 Å². The summed E-state index contributed by atoms with van der Waals surface area (Å²) in [7, 11) is 0. The summed E-state index contributed by atoms with van der Waals surface area (Å²) in [5, 5.41) is 10.3. The van der Waals surface area contributed by atoms with E-state index in [1.807, 2.05) is 5.57 Å². The smallest absolute Gasteiger partial charge is 0.0543 e. The molecule has 1 heteroatoms. The number of aliphatic hydroxyl groups excluding tert-OH is 1. The summed E-state index contributed by atoms with van der Waals surface area (Å²) in [6.45, 7) is 17.8. The molecule has 0 saturated heterocycles. The van der Waals surface area contributed by atoms with E-state index in [0.717, 1.165) is 42.4 Å². The molecule has 0 aromatic carbocycles. The Bertz CT molecular complexity index is 678. The second kappa shape index (κ2) is 8.48. The fourth-order valence-corrected chi connectivity index (χ4v) is 9.51. The number of allylic oxidation sites excluding steroid dienone is 2. The molecule has 0 bridgehead atoms. The van der Waals surface area contributed by atoms with Crippen molar-refractivity contribution in [3.05, 3.63) is 11.6 Å². The Balaban J connectivity index is 1.55. The molecule has 1 N–H and O–H groups in total. The van der Waals surface area contributed by atoms with Gasteiger partial charge in [0.25, 0.3) is 0 Å². The van der Waals surface area contributed by atoms with Crippen LogP contribution in [0.25, 0.3) is 0 Å². The minimum atomic E-state index is -0.0471. The van der Waals surface area contributed by atoms with E-state index >= 15 is 0 Å². The van der Waals surface area contributed by atoms with Gasteiger partial charge in [-0.05, 0) is 110 Å². The van der Waals surface area contributed by atoms with Gasteiger partial charge in [0, 0.05) is 0 Å². The third kappa shape index (κ3) is 3.68. The lowest BCUT2D eigenvalue weighted by Crippen LogP contribution is -2.53. The Morgan fingerprint density at radius 3 is 2.39 bits per heavy atom. The van der Waals surface area contributed by atoms with E-state index in [2.05, 4.69) is 54.5 Å². The summed E-state index contributed by atoms with van der Waals surface area (Å²) < 4.78 is 0. The molecule has 31 heavy (non-hydrogen) atoms. The van der Waals surface area contributed by atoms with Crippen molar-refractivity contribution in [1.82, 2.24) is 0 Å². The summed E-state index contributed by atoms with van der Waals surface area (Å²) in [5.41, 5.74) is 3.14. The van der Waals surface area contributed by atoms with Crippen molar-refractivity contribution < 1.29 is 5.11 Å². The molecule has 178 valence electrons. The normalized spacial score (nSPS) is 46.7. The number of hydrogen-bond donors (Lipinski definition) is 1. The van der Waals surface area contributed by atoms with Crippen molar-refractivity contribution in [1.29, 1.82) is 0 Å². The molecule has 9 atom stereocenters. The van der Waals surface area contributed by atoms with E-state index in [-0.39, 0.29) is 6.10 Å². The first kappa shape index (κ1) is 23.8. The van der Waals surface area contributed by atoms with Crippen LogP contribution in [0.2, 0.25) is 0 Å². The summed E-state index contributed by atoms with van der Waals surface area (Å²) in [5.74, 6) is 4.97. The number of aliphatic hydroxyl groups is 1. The van der Waals surface area contributed by atoms with E-state index in [9.17, 15) is 5.11 Å². The third-order valence-electron chi connectivity index (χ3n) is 12.1. The van der Waals surface area contributed by atoms with E-state index in [4.69, 9.17) is 0 Å². The van der Waals surface area contributed by atoms with Crippen LogP contribution >= 0.6 is 0 Å². The van der Waals surface area contributed by atoms with Crippen LogP contribution in [0.1, 0.15) is 119 Å². The largest absolute Gasteiger partial charge is 0.393 e. The molecule has 4 aliphatic rings. The van der Waals surface area contributed by atoms with Gasteiger partial charge in [0.2, 0.25) is 0 Å². The van der Waals surface area contributed by atoms with E-state index < -0.39 is 0 Å². The van der Waals surface area contributed by atoms with Gasteiger partial charge >= 0.3 is 0 Å². The maximum absolute atomic E-state index is 10.3. The molecular formula is C30H52O. The lowest BCUT2D eigenvalue weighted by atomic mass is 9.44. The highest BCUT2D eigenvalue weighted by molar-refractivity contribution is 5.31. The molecule has 0 radical (unpaired) electrons. The van der Waals surface area contributed by atoms with E-state index in [1.54, 1.807) is 0 Å². The average Bonchev–Trinajstić information content (AvgIpc) is 3.00. The molecule has 0 aliphatic heterocycles. The predicted octanol–water partition coefficient (Wildman–Crippen LogP) is 8.41. The van der Waals surface area contributed by atoms with Gasteiger partial charge in [-0.15, -0.1) is 0 Å². The molecule has 3 saturated carbocycles. The molecule has 1 nitrogen and oxygen atoms in total. The monoisotopic (exact) mass is 428 g/mol. The van der Waals surface area contributed by atoms with Gasteiger partial charge in [0.05, 0.1) is 6.10 Å². The molecule has 4 aliphatic carbocycles. The summed E-state index contributed by atoms with van der Waals surface area (Å²) >= 11 is 0. The van der Waals surface area contributed by atoms with Gasteiger partial charge < -0.3 is 5.11 Å². The minimum Gasteiger partial charge on any atom is -0.393 e. The zero-order chi connectivity index (χ0) is 22.6. The highest BCUT2D eigenvalue weighted by Crippen LogP contribution is 2.71. The Hall–Kier alpha value is -0.300. The Kier molecular flexibility index (Phi) is 6.53. The lowest BCUT2D eigenvalue weighted by Gasteiger charge is -2.61. The SMILES string of the molecule is CC[C@@H](CC[C@@H](C)[C@H]1CC[C@@]2(C)[C@@H]3CCC4C[C@@H](O)CC[C@]4(C)C3=CC[C@]12C)C(C)C. The van der Waals surface area contributed by atoms with Crippen LogP contribution in [0, 0.1) is 51.8 Å². The fourth-order valence-electron chi connectivity index (χ4n) is 9.51. The first-order chi connectivity index (χ1) is 14.6. The van der Waals surface area contributed by atoms with Crippen molar-refractivity contribution in [3.63, 3.8) is 0 Å². The van der Waals surface area contributed by atoms with Gasteiger partial charge in [-0.25, -0.2) is 0 Å². The highest BCUT2D eigenvalue weighted by atomic mass is 16.3. The second-order valence-corrected chi connectivity index (χ2v) is 13.5. The summed E-state index contributed by atoms with van der Waals surface area (Å²) in [6.07, 6.45) is 17.1. The average molecular weight is 429 g/mol. The highest BCUT2D eigenvalue weighted by Gasteiger charge is 2.63.